The van der Waals surface area contributed by atoms with Crippen LogP contribution in [-0.4, -0.2) is 58.3 Å². The first-order chi connectivity index (χ1) is 12.1. The normalized spacial score (nSPS) is 17.5. The maximum absolute atomic E-state index is 11.6. The summed E-state index contributed by atoms with van der Waals surface area (Å²) >= 11 is 5.85. The van der Waals surface area contributed by atoms with Gasteiger partial charge in [-0.2, -0.15) is 4.98 Å². The van der Waals surface area contributed by atoms with Gasteiger partial charge in [0.15, 0.2) is 6.61 Å². The molecule has 0 aromatic carbocycles. The number of methoxy groups -OCH3 is 1. The van der Waals surface area contributed by atoms with Crippen LogP contribution < -0.4 is 4.74 Å². The molecule has 0 saturated heterocycles. The monoisotopic (exact) mass is 383 g/mol. The minimum Gasteiger partial charge on any atom is -0.466 e. The Balaban J connectivity index is 2.40. The van der Waals surface area contributed by atoms with Crippen molar-refractivity contribution in [3.8, 4) is 5.88 Å². The first-order valence-corrected chi connectivity index (χ1v) is 8.44. The Kier molecular flexibility index (Phi) is 6.07. The molecule has 0 spiro atoms. The highest BCUT2D eigenvalue weighted by Crippen LogP contribution is 2.36. The van der Waals surface area contributed by atoms with Gasteiger partial charge in [0.1, 0.15) is 0 Å². The van der Waals surface area contributed by atoms with Crippen LogP contribution in [0, 0.1) is 5.41 Å². The third kappa shape index (κ3) is 4.63. The molecule has 1 aliphatic heterocycles. The van der Waals surface area contributed by atoms with E-state index in [1.807, 2.05) is 26.8 Å². The zero-order valence-electron chi connectivity index (χ0n) is 15.2. The van der Waals surface area contributed by atoms with E-state index in [-0.39, 0.29) is 29.2 Å². The zero-order chi connectivity index (χ0) is 19.5. The minimum atomic E-state index is -0.963. The van der Waals surface area contributed by atoms with Gasteiger partial charge in [0.05, 0.1) is 18.7 Å². The molecule has 1 unspecified atom stereocenters. The number of halogens is 1. The van der Waals surface area contributed by atoms with Gasteiger partial charge < -0.3 is 19.5 Å². The number of carboxylic acid groups (broad SMARTS) is 1. The van der Waals surface area contributed by atoms with Gasteiger partial charge in [0.2, 0.25) is 11.2 Å². The third-order valence-corrected chi connectivity index (χ3v) is 4.26. The largest absolute Gasteiger partial charge is 0.466 e. The Hall–Kier alpha value is -2.35. The number of esters is 1. The summed E-state index contributed by atoms with van der Waals surface area (Å²) in [6.45, 7) is 5.94. The number of carbonyl (C=O) groups is 2. The lowest BCUT2D eigenvalue weighted by molar-refractivity contribution is -0.143. The molecule has 2 rings (SSSR count). The molecule has 0 fully saturated rings. The van der Waals surface area contributed by atoms with Gasteiger partial charge in [-0.05, 0) is 29.0 Å². The van der Waals surface area contributed by atoms with Crippen LogP contribution in [-0.2, 0) is 9.53 Å². The second-order valence-corrected chi connectivity index (χ2v) is 7.29. The molecule has 0 saturated carbocycles. The van der Waals surface area contributed by atoms with Crippen molar-refractivity contribution in [2.45, 2.75) is 33.2 Å². The average molecular weight is 384 g/mol. The molecular formula is C17H22ClN3O5. The summed E-state index contributed by atoms with van der Waals surface area (Å²) in [6, 6.07) is -0.326. The SMILES string of the molecule is COC(=O)COc1nc(Cl)ncc1C1=CC(C(C)(C)C)N(C(=O)O)CC1. The second kappa shape index (κ2) is 7.90. The highest BCUT2D eigenvalue weighted by atomic mass is 35.5. The maximum atomic E-state index is 11.6. The van der Waals surface area contributed by atoms with Crippen molar-refractivity contribution in [1.29, 1.82) is 0 Å². The summed E-state index contributed by atoms with van der Waals surface area (Å²) < 4.78 is 10.0. The van der Waals surface area contributed by atoms with Crippen LogP contribution in [0.15, 0.2) is 12.3 Å². The summed E-state index contributed by atoms with van der Waals surface area (Å²) in [7, 11) is 1.26. The second-order valence-electron chi connectivity index (χ2n) is 6.95. The van der Waals surface area contributed by atoms with Gasteiger partial charge >= 0.3 is 12.1 Å². The Labute approximate surface area is 156 Å². The van der Waals surface area contributed by atoms with E-state index < -0.39 is 12.1 Å². The summed E-state index contributed by atoms with van der Waals surface area (Å²) in [5.41, 5.74) is 1.13. The average Bonchev–Trinajstić information content (AvgIpc) is 2.58. The van der Waals surface area contributed by atoms with Crippen molar-refractivity contribution in [3.05, 3.63) is 23.1 Å². The molecule has 26 heavy (non-hydrogen) atoms. The number of nitrogens with zero attached hydrogens (tertiary/aromatic N) is 3. The Bertz CT molecular complexity index is 730. The topological polar surface area (TPSA) is 102 Å². The van der Waals surface area contributed by atoms with Gasteiger partial charge in [0.25, 0.3) is 0 Å². The highest BCUT2D eigenvalue weighted by Gasteiger charge is 2.35. The van der Waals surface area contributed by atoms with Crippen LogP contribution in [0.3, 0.4) is 0 Å². The molecule has 9 heteroatoms. The quantitative estimate of drug-likeness (QED) is 0.629. The van der Waals surface area contributed by atoms with Crippen molar-refractivity contribution in [1.82, 2.24) is 14.9 Å². The van der Waals surface area contributed by atoms with Crippen molar-refractivity contribution in [2.24, 2.45) is 5.41 Å². The number of amides is 1. The van der Waals surface area contributed by atoms with Crippen molar-refractivity contribution in [2.75, 3.05) is 20.3 Å². The van der Waals surface area contributed by atoms with Gasteiger partial charge in [-0.3, -0.25) is 0 Å². The molecular weight excluding hydrogens is 362 g/mol. The number of ether oxygens (including phenoxy) is 2. The summed E-state index contributed by atoms with van der Waals surface area (Å²) in [5.74, 6) is -0.383. The van der Waals surface area contributed by atoms with Gasteiger partial charge in [0, 0.05) is 12.7 Å². The molecule has 8 nitrogen and oxygen atoms in total. The molecule has 1 aromatic rings. The van der Waals surface area contributed by atoms with Crippen molar-refractivity contribution in [3.63, 3.8) is 0 Å². The van der Waals surface area contributed by atoms with E-state index in [0.717, 1.165) is 5.57 Å². The Morgan fingerprint density at radius 3 is 2.69 bits per heavy atom. The lowest BCUT2D eigenvalue weighted by atomic mass is 9.81. The van der Waals surface area contributed by atoms with Gasteiger partial charge in [-0.15, -0.1) is 0 Å². The lowest BCUT2D eigenvalue weighted by Gasteiger charge is -2.40. The van der Waals surface area contributed by atoms with Crippen LogP contribution in [0.4, 0.5) is 4.79 Å². The smallest absolute Gasteiger partial charge is 0.407 e. The predicted molar refractivity (Wildman–Crippen MR) is 95.1 cm³/mol. The molecule has 2 heterocycles. The number of rotatable bonds is 4. The molecule has 1 aromatic heterocycles. The number of aromatic nitrogens is 2. The van der Waals surface area contributed by atoms with Crippen molar-refractivity contribution < 1.29 is 24.2 Å². The van der Waals surface area contributed by atoms with E-state index in [9.17, 15) is 14.7 Å². The molecule has 1 amide bonds. The predicted octanol–water partition coefficient (Wildman–Crippen LogP) is 2.86. The van der Waals surface area contributed by atoms with E-state index in [4.69, 9.17) is 16.3 Å². The Morgan fingerprint density at radius 2 is 2.12 bits per heavy atom. The first kappa shape index (κ1) is 20.0. The summed E-state index contributed by atoms with van der Waals surface area (Å²) in [5, 5.41) is 9.46. The third-order valence-electron chi connectivity index (χ3n) is 4.07. The van der Waals surface area contributed by atoms with Crippen LogP contribution in [0.25, 0.3) is 5.57 Å². The fourth-order valence-electron chi connectivity index (χ4n) is 2.76. The summed E-state index contributed by atoms with van der Waals surface area (Å²) in [4.78, 5) is 32.4. The molecule has 1 aliphatic rings. The molecule has 1 atom stereocenters. The van der Waals surface area contributed by atoms with Crippen molar-refractivity contribution >= 4 is 29.2 Å². The minimum absolute atomic E-state index is 0.00967. The number of hydrogen-bond acceptors (Lipinski definition) is 6. The van der Waals surface area contributed by atoms with E-state index in [1.54, 1.807) is 0 Å². The van der Waals surface area contributed by atoms with E-state index in [0.29, 0.717) is 18.5 Å². The fourth-order valence-corrected chi connectivity index (χ4v) is 2.89. The maximum Gasteiger partial charge on any atom is 0.407 e. The molecule has 1 N–H and O–H groups in total. The van der Waals surface area contributed by atoms with Gasteiger partial charge in [-0.1, -0.05) is 26.8 Å². The molecule has 0 radical (unpaired) electrons. The van der Waals surface area contributed by atoms with E-state index in [1.165, 1.54) is 18.2 Å². The lowest BCUT2D eigenvalue weighted by Crippen LogP contribution is -2.48. The number of carbonyl (C=O) groups excluding carboxylic acids is 1. The zero-order valence-corrected chi connectivity index (χ0v) is 15.9. The highest BCUT2D eigenvalue weighted by molar-refractivity contribution is 6.28. The molecule has 0 aliphatic carbocycles. The number of hydrogen-bond donors (Lipinski definition) is 1. The van der Waals surface area contributed by atoms with Crippen LogP contribution in [0.2, 0.25) is 5.28 Å². The first-order valence-electron chi connectivity index (χ1n) is 8.06. The fraction of sp³-hybridized carbons (Fsp3) is 0.529. The molecule has 142 valence electrons. The van der Waals surface area contributed by atoms with E-state index in [2.05, 4.69) is 14.7 Å². The van der Waals surface area contributed by atoms with Gasteiger partial charge in [-0.25, -0.2) is 14.6 Å². The molecule has 0 bridgehead atoms. The Morgan fingerprint density at radius 1 is 1.42 bits per heavy atom. The van der Waals surface area contributed by atoms with Crippen LogP contribution in [0.1, 0.15) is 32.8 Å². The van der Waals surface area contributed by atoms with E-state index >= 15 is 0 Å². The van der Waals surface area contributed by atoms with Crippen LogP contribution >= 0.6 is 11.6 Å². The van der Waals surface area contributed by atoms with Crippen LogP contribution in [0.5, 0.6) is 5.88 Å². The standard InChI is InChI=1S/C17H22ClN3O5/c1-17(2,3)12-7-10(5-6-21(12)16(23)24)11-8-19-15(18)20-14(11)26-9-13(22)25-4/h7-8,12H,5-6,9H2,1-4H3,(H,23,24). The summed E-state index contributed by atoms with van der Waals surface area (Å²) in [6.07, 6.45) is 2.91.